The number of ether oxygens (including phenoxy) is 1. The average Bonchev–Trinajstić information content (AvgIpc) is 2.28. The van der Waals surface area contributed by atoms with Crippen LogP contribution < -0.4 is 5.73 Å². The average molecular weight is 322 g/mol. The van der Waals surface area contributed by atoms with Crippen LogP contribution in [0, 0.1) is 0 Å². The van der Waals surface area contributed by atoms with Crippen molar-refractivity contribution < 1.29 is 18.3 Å². The fourth-order valence-electron chi connectivity index (χ4n) is 1.49. The second-order valence-electron chi connectivity index (χ2n) is 3.73. The molecule has 1 rings (SSSR count). The van der Waals surface area contributed by atoms with Gasteiger partial charge >= 0.3 is 5.97 Å². The summed E-state index contributed by atoms with van der Waals surface area (Å²) in [7, 11) is 0. The number of rotatable bonds is 5. The summed E-state index contributed by atoms with van der Waals surface area (Å²) < 4.78 is 30.5. The van der Waals surface area contributed by atoms with Crippen molar-refractivity contribution in [3.05, 3.63) is 33.8 Å². The third-order valence-electron chi connectivity index (χ3n) is 2.31. The summed E-state index contributed by atoms with van der Waals surface area (Å²) >= 11 is 3.14. The number of hydrogen-bond donors (Lipinski definition) is 1. The zero-order valence-corrected chi connectivity index (χ0v) is 11.4. The van der Waals surface area contributed by atoms with Crippen LogP contribution in [0.2, 0.25) is 0 Å². The predicted octanol–water partition coefficient (Wildman–Crippen LogP) is 3.34. The maximum Gasteiger partial charge on any atom is 0.307 e. The number of nitrogens with two attached hydrogens (primary N) is 1. The van der Waals surface area contributed by atoms with Gasteiger partial charge in [0.1, 0.15) is 0 Å². The molecule has 6 heteroatoms. The minimum Gasteiger partial charge on any atom is -0.466 e. The quantitative estimate of drug-likeness (QED) is 0.846. The van der Waals surface area contributed by atoms with Crippen LogP contribution in [0.4, 0.5) is 8.78 Å². The lowest BCUT2D eigenvalue weighted by atomic mass is 10.0. The Morgan fingerprint density at radius 3 is 2.56 bits per heavy atom. The number of carbonyl (C=O) groups excluding carboxylic acids is 1. The Morgan fingerprint density at radius 1 is 1.39 bits per heavy atom. The molecular weight excluding hydrogens is 308 g/mol. The Hall–Kier alpha value is -1.01. The molecule has 0 aliphatic carbocycles. The summed E-state index contributed by atoms with van der Waals surface area (Å²) in [6.07, 6.45) is -2.61. The van der Waals surface area contributed by atoms with Gasteiger partial charge in [0, 0.05) is 16.1 Å². The molecule has 0 aromatic heterocycles. The maximum absolute atomic E-state index is 12.6. The number of benzene rings is 1. The molecule has 0 fully saturated rings. The van der Waals surface area contributed by atoms with E-state index in [-0.39, 0.29) is 18.6 Å². The second kappa shape index (κ2) is 6.80. The normalized spacial score (nSPS) is 12.6. The van der Waals surface area contributed by atoms with Gasteiger partial charge in [-0.15, -0.1) is 0 Å². The van der Waals surface area contributed by atoms with Gasteiger partial charge in [-0.3, -0.25) is 4.79 Å². The lowest BCUT2D eigenvalue weighted by molar-refractivity contribution is -0.143. The first-order chi connectivity index (χ1) is 8.43. The molecule has 0 radical (unpaired) electrons. The Kier molecular flexibility index (Phi) is 5.68. The molecule has 0 spiro atoms. The standard InChI is InChI=1S/C12H14BrF2NO2/c1-2-18-11(17)6-10(16)7-3-8(12(14)15)5-9(13)4-7/h3-5,10,12H,2,6,16H2,1H3/t10-/m0/s1. The first-order valence-electron chi connectivity index (χ1n) is 5.43. The Bertz CT molecular complexity index is 427. The molecule has 0 saturated heterocycles. The van der Waals surface area contributed by atoms with Gasteiger partial charge < -0.3 is 10.5 Å². The monoisotopic (exact) mass is 321 g/mol. The molecule has 0 amide bonds. The predicted molar refractivity (Wildman–Crippen MR) is 67.3 cm³/mol. The summed E-state index contributed by atoms with van der Waals surface area (Å²) in [5, 5.41) is 0. The lowest BCUT2D eigenvalue weighted by Crippen LogP contribution is -2.17. The zero-order valence-electron chi connectivity index (χ0n) is 9.83. The number of alkyl halides is 2. The molecule has 100 valence electrons. The highest BCUT2D eigenvalue weighted by Gasteiger charge is 2.16. The summed E-state index contributed by atoms with van der Waals surface area (Å²) in [5.41, 5.74) is 6.15. The van der Waals surface area contributed by atoms with Gasteiger partial charge in [-0.25, -0.2) is 8.78 Å². The van der Waals surface area contributed by atoms with E-state index in [1.54, 1.807) is 13.0 Å². The number of carbonyl (C=O) groups is 1. The SMILES string of the molecule is CCOC(=O)C[C@H](N)c1cc(Br)cc(C(F)F)c1. The van der Waals surface area contributed by atoms with Gasteiger partial charge in [0.05, 0.1) is 13.0 Å². The van der Waals surface area contributed by atoms with Crippen LogP contribution in [-0.4, -0.2) is 12.6 Å². The zero-order chi connectivity index (χ0) is 13.7. The van der Waals surface area contributed by atoms with Gasteiger partial charge in [0.2, 0.25) is 0 Å². The first-order valence-corrected chi connectivity index (χ1v) is 6.23. The summed E-state index contributed by atoms with van der Waals surface area (Å²) in [4.78, 5) is 11.3. The van der Waals surface area contributed by atoms with Crippen molar-refractivity contribution in [1.82, 2.24) is 0 Å². The van der Waals surface area contributed by atoms with Crippen LogP contribution in [-0.2, 0) is 9.53 Å². The first kappa shape index (κ1) is 15.0. The van der Waals surface area contributed by atoms with Crippen LogP contribution >= 0.6 is 15.9 Å². The van der Waals surface area contributed by atoms with Crippen molar-refractivity contribution in [2.75, 3.05) is 6.61 Å². The van der Waals surface area contributed by atoms with Crippen molar-refractivity contribution in [2.45, 2.75) is 25.8 Å². The van der Waals surface area contributed by atoms with Crippen LogP contribution in [0.15, 0.2) is 22.7 Å². The van der Waals surface area contributed by atoms with Crippen molar-refractivity contribution in [2.24, 2.45) is 5.73 Å². The highest BCUT2D eigenvalue weighted by molar-refractivity contribution is 9.10. The number of esters is 1. The van der Waals surface area contributed by atoms with Crippen molar-refractivity contribution in [3.8, 4) is 0 Å². The van der Waals surface area contributed by atoms with Crippen LogP contribution in [0.3, 0.4) is 0 Å². The molecule has 0 aliphatic heterocycles. The molecule has 18 heavy (non-hydrogen) atoms. The van der Waals surface area contributed by atoms with Gasteiger partial charge in [0.15, 0.2) is 0 Å². The topological polar surface area (TPSA) is 52.3 Å². The largest absolute Gasteiger partial charge is 0.466 e. The highest BCUT2D eigenvalue weighted by atomic mass is 79.9. The van der Waals surface area contributed by atoms with E-state index in [2.05, 4.69) is 15.9 Å². The molecule has 1 aromatic rings. The van der Waals surface area contributed by atoms with Gasteiger partial charge in [-0.2, -0.15) is 0 Å². The molecule has 0 saturated carbocycles. The van der Waals surface area contributed by atoms with E-state index in [0.29, 0.717) is 10.0 Å². The van der Waals surface area contributed by atoms with E-state index >= 15 is 0 Å². The molecule has 0 unspecified atom stereocenters. The third-order valence-corrected chi connectivity index (χ3v) is 2.77. The van der Waals surface area contributed by atoms with E-state index in [0.717, 1.165) is 0 Å². The van der Waals surface area contributed by atoms with Crippen molar-refractivity contribution in [3.63, 3.8) is 0 Å². The molecule has 0 bridgehead atoms. The molecule has 1 atom stereocenters. The molecular formula is C12H14BrF2NO2. The molecule has 0 aliphatic rings. The third kappa shape index (κ3) is 4.34. The fraction of sp³-hybridized carbons (Fsp3) is 0.417. The molecule has 3 nitrogen and oxygen atoms in total. The Morgan fingerprint density at radius 2 is 2.00 bits per heavy atom. The Balaban J connectivity index is 2.85. The van der Waals surface area contributed by atoms with Crippen molar-refractivity contribution in [1.29, 1.82) is 0 Å². The van der Waals surface area contributed by atoms with Gasteiger partial charge in [-0.05, 0) is 30.7 Å². The second-order valence-corrected chi connectivity index (χ2v) is 4.65. The van der Waals surface area contributed by atoms with E-state index in [1.165, 1.54) is 12.1 Å². The lowest BCUT2D eigenvalue weighted by Gasteiger charge is -2.13. The summed E-state index contributed by atoms with van der Waals surface area (Å²) in [6.45, 7) is 1.96. The maximum atomic E-state index is 12.6. The van der Waals surface area contributed by atoms with E-state index < -0.39 is 18.4 Å². The molecule has 1 aromatic carbocycles. The number of halogens is 3. The minimum atomic E-state index is -2.57. The van der Waals surface area contributed by atoms with E-state index in [9.17, 15) is 13.6 Å². The van der Waals surface area contributed by atoms with Crippen LogP contribution in [0.25, 0.3) is 0 Å². The fourth-order valence-corrected chi connectivity index (χ4v) is 2.02. The van der Waals surface area contributed by atoms with Crippen LogP contribution in [0.5, 0.6) is 0 Å². The van der Waals surface area contributed by atoms with Crippen molar-refractivity contribution >= 4 is 21.9 Å². The minimum absolute atomic E-state index is 0.0348. The van der Waals surface area contributed by atoms with E-state index in [1.807, 2.05) is 0 Å². The summed E-state index contributed by atoms with van der Waals surface area (Å²) in [5.74, 6) is -0.441. The molecule has 0 heterocycles. The summed E-state index contributed by atoms with van der Waals surface area (Å²) in [6, 6.07) is 3.60. The molecule has 2 N–H and O–H groups in total. The van der Waals surface area contributed by atoms with Crippen LogP contribution in [0.1, 0.15) is 36.9 Å². The highest BCUT2D eigenvalue weighted by Crippen LogP contribution is 2.27. The van der Waals surface area contributed by atoms with Gasteiger partial charge in [0.25, 0.3) is 6.43 Å². The smallest absolute Gasteiger partial charge is 0.307 e. The number of hydrogen-bond acceptors (Lipinski definition) is 3. The van der Waals surface area contributed by atoms with E-state index in [4.69, 9.17) is 10.5 Å². The Labute approximate surface area is 112 Å². The van der Waals surface area contributed by atoms with Gasteiger partial charge in [-0.1, -0.05) is 15.9 Å².